The normalized spacial score (nSPS) is 16.9. The van der Waals surface area contributed by atoms with Crippen molar-refractivity contribution < 1.29 is 13.2 Å². The van der Waals surface area contributed by atoms with Gasteiger partial charge in [0.25, 0.3) is 0 Å². The molecule has 0 saturated carbocycles. The van der Waals surface area contributed by atoms with Gasteiger partial charge in [-0.1, -0.05) is 67.1 Å². The zero-order valence-electron chi connectivity index (χ0n) is 20.6. The van der Waals surface area contributed by atoms with E-state index < -0.39 is 10.0 Å². The number of nitrogens with zero attached hydrogens (tertiary/aromatic N) is 2. The van der Waals surface area contributed by atoms with Gasteiger partial charge in [0, 0.05) is 19.1 Å². The average molecular weight is 493 g/mol. The Balaban J connectivity index is 1.42. The Hall–Kier alpha value is -2.67. The molecule has 5 nitrogen and oxygen atoms in total. The van der Waals surface area contributed by atoms with Gasteiger partial charge in [0.1, 0.15) is 12.4 Å². The SMILES string of the molecule is CC1CCCCN1CCCN(Cc1ccc(OCc2ccccc2)cc1)S(=O)(=O)c1ccccc1. The summed E-state index contributed by atoms with van der Waals surface area (Å²) in [5, 5.41) is 0. The second-order valence-corrected chi connectivity index (χ2v) is 11.2. The first-order valence-electron chi connectivity index (χ1n) is 12.6. The van der Waals surface area contributed by atoms with Crippen LogP contribution in [0.3, 0.4) is 0 Å². The Kier molecular flexibility index (Phi) is 8.96. The Bertz CT molecular complexity index is 1140. The highest BCUT2D eigenvalue weighted by Crippen LogP contribution is 2.22. The van der Waals surface area contributed by atoms with Crippen molar-refractivity contribution in [2.45, 2.75) is 56.7 Å². The van der Waals surface area contributed by atoms with E-state index in [9.17, 15) is 8.42 Å². The first kappa shape index (κ1) is 25.4. The summed E-state index contributed by atoms with van der Waals surface area (Å²) >= 11 is 0. The summed E-state index contributed by atoms with van der Waals surface area (Å²) in [5.41, 5.74) is 2.06. The second-order valence-electron chi connectivity index (χ2n) is 9.30. The molecule has 1 atom stereocenters. The predicted octanol–water partition coefficient (Wildman–Crippen LogP) is 5.72. The van der Waals surface area contributed by atoms with Crippen molar-refractivity contribution in [1.29, 1.82) is 0 Å². The molecule has 0 amide bonds. The monoisotopic (exact) mass is 492 g/mol. The van der Waals surface area contributed by atoms with Crippen molar-refractivity contribution in [2.24, 2.45) is 0 Å². The molecule has 1 unspecified atom stereocenters. The average Bonchev–Trinajstić information content (AvgIpc) is 2.90. The smallest absolute Gasteiger partial charge is 0.243 e. The third-order valence-corrected chi connectivity index (χ3v) is 8.56. The lowest BCUT2D eigenvalue weighted by Gasteiger charge is -2.34. The van der Waals surface area contributed by atoms with Crippen molar-refractivity contribution in [2.75, 3.05) is 19.6 Å². The van der Waals surface area contributed by atoms with Crippen molar-refractivity contribution in [3.05, 3.63) is 96.1 Å². The molecule has 1 saturated heterocycles. The van der Waals surface area contributed by atoms with Crippen molar-refractivity contribution in [1.82, 2.24) is 9.21 Å². The maximum absolute atomic E-state index is 13.5. The molecule has 0 spiro atoms. The number of likely N-dealkylation sites (tertiary alicyclic amines) is 1. The highest BCUT2D eigenvalue weighted by Gasteiger charge is 2.25. The van der Waals surface area contributed by atoms with Gasteiger partial charge in [-0.2, -0.15) is 4.31 Å². The van der Waals surface area contributed by atoms with E-state index in [-0.39, 0.29) is 0 Å². The Labute approximate surface area is 210 Å². The maximum Gasteiger partial charge on any atom is 0.243 e. The van der Waals surface area contributed by atoms with Crippen molar-refractivity contribution >= 4 is 10.0 Å². The number of rotatable bonds is 11. The van der Waals surface area contributed by atoms with Crippen LogP contribution >= 0.6 is 0 Å². The summed E-state index contributed by atoms with van der Waals surface area (Å²) in [6, 6.07) is 27.1. The molecule has 0 aliphatic carbocycles. The van der Waals surface area contributed by atoms with Gasteiger partial charge >= 0.3 is 0 Å². The van der Waals surface area contributed by atoms with Crippen LogP contribution < -0.4 is 4.74 Å². The van der Waals surface area contributed by atoms with Gasteiger partial charge in [-0.25, -0.2) is 8.42 Å². The molecule has 0 bridgehead atoms. The van der Waals surface area contributed by atoms with E-state index in [0.29, 0.717) is 30.6 Å². The quantitative estimate of drug-likeness (QED) is 0.343. The van der Waals surface area contributed by atoms with E-state index in [1.54, 1.807) is 28.6 Å². The van der Waals surface area contributed by atoms with Gasteiger partial charge in [0.05, 0.1) is 4.90 Å². The topological polar surface area (TPSA) is 49.9 Å². The summed E-state index contributed by atoms with van der Waals surface area (Å²) in [4.78, 5) is 2.84. The summed E-state index contributed by atoms with van der Waals surface area (Å²) in [6.45, 7) is 5.65. The lowest BCUT2D eigenvalue weighted by molar-refractivity contribution is 0.155. The third kappa shape index (κ3) is 7.17. The van der Waals surface area contributed by atoms with E-state index in [0.717, 1.165) is 36.4 Å². The van der Waals surface area contributed by atoms with Gasteiger partial charge in [0.2, 0.25) is 10.0 Å². The van der Waals surface area contributed by atoms with Crippen molar-refractivity contribution in [3.63, 3.8) is 0 Å². The minimum absolute atomic E-state index is 0.339. The highest BCUT2D eigenvalue weighted by molar-refractivity contribution is 7.89. The lowest BCUT2D eigenvalue weighted by Crippen LogP contribution is -2.40. The van der Waals surface area contributed by atoms with Gasteiger partial charge in [-0.15, -0.1) is 0 Å². The third-order valence-electron chi connectivity index (χ3n) is 6.71. The molecule has 35 heavy (non-hydrogen) atoms. The van der Waals surface area contributed by atoms with Crippen LogP contribution in [0.2, 0.25) is 0 Å². The number of piperidine rings is 1. The molecule has 0 aromatic heterocycles. The molecular formula is C29H36N2O3S. The van der Waals surface area contributed by atoms with Gasteiger partial charge in [0.15, 0.2) is 0 Å². The minimum Gasteiger partial charge on any atom is -0.489 e. The van der Waals surface area contributed by atoms with Crippen LogP contribution in [0.5, 0.6) is 5.75 Å². The summed E-state index contributed by atoms with van der Waals surface area (Å²) in [6.07, 6.45) is 4.56. The van der Waals surface area contributed by atoms with Gasteiger partial charge in [-0.3, -0.25) is 0 Å². The zero-order valence-corrected chi connectivity index (χ0v) is 21.4. The van der Waals surface area contributed by atoms with E-state index in [2.05, 4.69) is 11.8 Å². The number of sulfonamides is 1. The maximum atomic E-state index is 13.5. The van der Waals surface area contributed by atoms with Crippen LogP contribution in [-0.4, -0.2) is 43.3 Å². The molecule has 1 aliphatic heterocycles. The molecule has 186 valence electrons. The molecule has 3 aromatic carbocycles. The first-order valence-corrected chi connectivity index (χ1v) is 14.0. The molecule has 1 fully saturated rings. The van der Waals surface area contributed by atoms with Gasteiger partial charge < -0.3 is 9.64 Å². The Morgan fingerprint density at radius 2 is 1.57 bits per heavy atom. The summed E-state index contributed by atoms with van der Waals surface area (Å²) in [5.74, 6) is 0.772. The molecule has 6 heteroatoms. The minimum atomic E-state index is -3.59. The van der Waals surface area contributed by atoms with Crippen LogP contribution in [0.15, 0.2) is 89.8 Å². The first-order chi connectivity index (χ1) is 17.0. The van der Waals surface area contributed by atoms with Crippen LogP contribution in [0.25, 0.3) is 0 Å². The molecule has 1 aliphatic rings. The molecule has 0 N–H and O–H groups in total. The zero-order chi connectivity index (χ0) is 24.5. The fourth-order valence-electron chi connectivity index (χ4n) is 4.60. The Morgan fingerprint density at radius 3 is 2.26 bits per heavy atom. The molecular weight excluding hydrogens is 456 g/mol. The van der Waals surface area contributed by atoms with E-state index in [4.69, 9.17) is 4.74 Å². The summed E-state index contributed by atoms with van der Waals surface area (Å²) in [7, 11) is -3.59. The van der Waals surface area contributed by atoms with Crippen LogP contribution in [0, 0.1) is 0 Å². The predicted molar refractivity (Wildman–Crippen MR) is 141 cm³/mol. The fourth-order valence-corrected chi connectivity index (χ4v) is 6.09. The number of hydrogen-bond acceptors (Lipinski definition) is 4. The number of ether oxygens (including phenoxy) is 1. The van der Waals surface area contributed by atoms with Crippen LogP contribution in [-0.2, 0) is 23.2 Å². The molecule has 3 aromatic rings. The van der Waals surface area contributed by atoms with E-state index in [1.807, 2.05) is 60.7 Å². The van der Waals surface area contributed by atoms with Crippen LogP contribution in [0.4, 0.5) is 0 Å². The van der Waals surface area contributed by atoms with Crippen molar-refractivity contribution in [3.8, 4) is 5.75 Å². The fraction of sp³-hybridized carbons (Fsp3) is 0.379. The van der Waals surface area contributed by atoms with E-state index in [1.165, 1.54) is 19.3 Å². The Morgan fingerprint density at radius 1 is 0.886 bits per heavy atom. The molecule has 0 radical (unpaired) electrons. The van der Waals surface area contributed by atoms with E-state index >= 15 is 0 Å². The largest absolute Gasteiger partial charge is 0.489 e. The molecule has 4 rings (SSSR count). The second kappa shape index (κ2) is 12.3. The molecule has 1 heterocycles. The summed E-state index contributed by atoms with van der Waals surface area (Å²) < 4.78 is 34.5. The number of benzene rings is 3. The highest BCUT2D eigenvalue weighted by atomic mass is 32.2. The van der Waals surface area contributed by atoms with Crippen LogP contribution in [0.1, 0.15) is 43.7 Å². The lowest BCUT2D eigenvalue weighted by atomic mass is 10.0. The van der Waals surface area contributed by atoms with Gasteiger partial charge in [-0.05, 0) is 74.7 Å². The number of hydrogen-bond donors (Lipinski definition) is 0. The standard InChI is InChI=1S/C29H36N2O3S/c1-25-11-8-9-20-30(25)21-10-22-31(35(32,33)29-14-6-3-7-15-29)23-26-16-18-28(19-17-26)34-24-27-12-4-2-5-13-27/h2-7,12-19,25H,8-11,20-24H2,1H3.